The van der Waals surface area contributed by atoms with E-state index in [1.54, 1.807) is 0 Å². The first-order chi connectivity index (χ1) is 6.86. The SMILES string of the molecule is O=[N+]([O-])c1cc(Cl)c(Cl)c([N+](=O)[O-])c1F. The number of nitro benzene ring substituents is 2. The second-order valence-electron chi connectivity index (χ2n) is 2.37. The molecule has 0 aliphatic heterocycles. The Morgan fingerprint density at radius 3 is 2.13 bits per heavy atom. The summed E-state index contributed by atoms with van der Waals surface area (Å²) in [6, 6.07) is 0.617. The lowest BCUT2D eigenvalue weighted by Gasteiger charge is -2.00. The molecular formula is C6HCl2FN2O4. The predicted octanol–water partition coefficient (Wildman–Crippen LogP) is 2.95. The summed E-state index contributed by atoms with van der Waals surface area (Å²) in [5, 5.41) is 19.6. The molecule has 0 heterocycles. The molecule has 9 heteroatoms. The van der Waals surface area contributed by atoms with Crippen LogP contribution >= 0.6 is 23.2 Å². The molecule has 6 nitrogen and oxygen atoms in total. The molecule has 1 aromatic carbocycles. The Balaban J connectivity index is 3.63. The Hall–Kier alpha value is -1.47. The van der Waals surface area contributed by atoms with Crippen LogP contribution in [-0.2, 0) is 0 Å². The zero-order valence-corrected chi connectivity index (χ0v) is 8.25. The minimum Gasteiger partial charge on any atom is -0.258 e. The van der Waals surface area contributed by atoms with E-state index in [1.807, 2.05) is 0 Å². The molecule has 0 amide bonds. The molecule has 1 rings (SSSR count). The summed E-state index contributed by atoms with van der Waals surface area (Å²) in [5.41, 5.74) is -2.29. The van der Waals surface area contributed by atoms with E-state index in [2.05, 4.69) is 0 Å². The highest BCUT2D eigenvalue weighted by molar-refractivity contribution is 6.43. The van der Waals surface area contributed by atoms with Crippen LogP contribution in [0, 0.1) is 26.0 Å². The zero-order valence-electron chi connectivity index (χ0n) is 6.74. The van der Waals surface area contributed by atoms with E-state index in [4.69, 9.17) is 23.2 Å². The molecule has 0 bridgehead atoms. The third kappa shape index (κ3) is 1.97. The van der Waals surface area contributed by atoms with Gasteiger partial charge in [-0.1, -0.05) is 23.2 Å². The van der Waals surface area contributed by atoms with Crippen LogP contribution < -0.4 is 0 Å². The van der Waals surface area contributed by atoms with Gasteiger partial charge in [0.15, 0.2) is 0 Å². The average Bonchev–Trinajstić information content (AvgIpc) is 2.10. The van der Waals surface area contributed by atoms with E-state index in [-0.39, 0.29) is 0 Å². The molecule has 0 spiro atoms. The van der Waals surface area contributed by atoms with E-state index < -0.39 is 37.1 Å². The van der Waals surface area contributed by atoms with Crippen molar-refractivity contribution in [1.29, 1.82) is 0 Å². The quantitative estimate of drug-likeness (QED) is 0.461. The van der Waals surface area contributed by atoms with Gasteiger partial charge < -0.3 is 0 Å². The molecule has 0 aliphatic rings. The second-order valence-corrected chi connectivity index (χ2v) is 3.15. The van der Waals surface area contributed by atoms with Crippen LogP contribution in [-0.4, -0.2) is 9.85 Å². The van der Waals surface area contributed by atoms with E-state index in [1.165, 1.54) is 0 Å². The molecule has 15 heavy (non-hydrogen) atoms. The highest BCUT2D eigenvalue weighted by Gasteiger charge is 2.31. The van der Waals surface area contributed by atoms with Gasteiger partial charge in [0.2, 0.25) is 0 Å². The van der Waals surface area contributed by atoms with Gasteiger partial charge in [-0.25, -0.2) is 0 Å². The van der Waals surface area contributed by atoms with Crippen LogP contribution in [0.2, 0.25) is 10.0 Å². The Bertz CT molecular complexity index is 465. The van der Waals surface area contributed by atoms with Crippen LogP contribution in [0.4, 0.5) is 15.8 Å². The fourth-order valence-corrected chi connectivity index (χ4v) is 1.27. The van der Waals surface area contributed by atoms with Crippen molar-refractivity contribution in [2.45, 2.75) is 0 Å². The first kappa shape index (κ1) is 11.6. The van der Waals surface area contributed by atoms with Crippen molar-refractivity contribution in [3.05, 3.63) is 42.2 Å². The monoisotopic (exact) mass is 254 g/mol. The molecule has 80 valence electrons. The Morgan fingerprint density at radius 1 is 1.20 bits per heavy atom. The maximum absolute atomic E-state index is 13.2. The third-order valence-corrected chi connectivity index (χ3v) is 2.27. The van der Waals surface area contributed by atoms with Gasteiger partial charge in [0.25, 0.3) is 5.82 Å². The number of hydrogen-bond donors (Lipinski definition) is 0. The second kappa shape index (κ2) is 3.95. The van der Waals surface area contributed by atoms with Gasteiger partial charge in [0.1, 0.15) is 5.02 Å². The summed E-state index contributed by atoms with van der Waals surface area (Å²) in [6.07, 6.45) is 0. The van der Waals surface area contributed by atoms with Crippen LogP contribution in [0.1, 0.15) is 0 Å². The molecule has 0 aliphatic carbocycles. The van der Waals surface area contributed by atoms with Crippen molar-refractivity contribution in [3.8, 4) is 0 Å². The third-order valence-electron chi connectivity index (χ3n) is 1.49. The lowest BCUT2D eigenvalue weighted by molar-refractivity contribution is -0.399. The fourth-order valence-electron chi connectivity index (χ4n) is 0.871. The standard InChI is InChI=1S/C6HCl2FN2O4/c7-2-1-3(10(12)13)5(9)6(4(2)8)11(14)15/h1H. The van der Waals surface area contributed by atoms with Crippen molar-refractivity contribution >= 4 is 34.6 Å². The number of rotatable bonds is 2. The minimum absolute atomic E-state index is 0.448. The largest absolute Gasteiger partial charge is 0.331 e. The Kier molecular flexibility index (Phi) is 3.06. The highest BCUT2D eigenvalue weighted by Crippen LogP contribution is 2.38. The van der Waals surface area contributed by atoms with E-state index in [0.29, 0.717) is 6.07 Å². The van der Waals surface area contributed by atoms with E-state index in [0.717, 1.165) is 0 Å². The number of nitrogens with zero attached hydrogens (tertiary/aromatic N) is 2. The first-order valence-electron chi connectivity index (χ1n) is 3.32. The Morgan fingerprint density at radius 2 is 1.73 bits per heavy atom. The summed E-state index contributed by atoms with van der Waals surface area (Å²) >= 11 is 10.7. The van der Waals surface area contributed by atoms with Crippen molar-refractivity contribution in [1.82, 2.24) is 0 Å². The first-order valence-corrected chi connectivity index (χ1v) is 4.08. The van der Waals surface area contributed by atoms with Gasteiger partial charge >= 0.3 is 11.4 Å². The van der Waals surface area contributed by atoms with E-state index in [9.17, 15) is 24.6 Å². The summed E-state index contributed by atoms with van der Waals surface area (Å²) in [7, 11) is 0. The van der Waals surface area contributed by atoms with Crippen LogP contribution in [0.5, 0.6) is 0 Å². The summed E-state index contributed by atoms with van der Waals surface area (Å²) in [4.78, 5) is 18.4. The van der Waals surface area contributed by atoms with Gasteiger partial charge in [-0.15, -0.1) is 0 Å². The zero-order chi connectivity index (χ0) is 11.7. The fraction of sp³-hybridized carbons (Fsp3) is 0. The summed E-state index contributed by atoms with van der Waals surface area (Å²) in [5.74, 6) is -1.61. The van der Waals surface area contributed by atoms with Gasteiger partial charge in [-0.3, -0.25) is 20.2 Å². The number of nitro groups is 2. The maximum Gasteiger partial charge on any atom is 0.331 e. The normalized spacial score (nSPS) is 10.1. The van der Waals surface area contributed by atoms with Crippen LogP contribution in [0.3, 0.4) is 0 Å². The summed E-state index contributed by atoms with van der Waals surface area (Å²) < 4.78 is 13.2. The van der Waals surface area contributed by atoms with Crippen molar-refractivity contribution in [2.75, 3.05) is 0 Å². The number of halogens is 3. The molecule has 0 radical (unpaired) electrons. The van der Waals surface area contributed by atoms with Crippen LogP contribution in [0.25, 0.3) is 0 Å². The molecule has 0 saturated heterocycles. The van der Waals surface area contributed by atoms with Crippen molar-refractivity contribution in [2.24, 2.45) is 0 Å². The van der Waals surface area contributed by atoms with Gasteiger partial charge in [0, 0.05) is 6.07 Å². The van der Waals surface area contributed by atoms with Gasteiger partial charge in [0.05, 0.1) is 14.9 Å². The van der Waals surface area contributed by atoms with Crippen molar-refractivity contribution < 1.29 is 14.2 Å². The number of hydrogen-bond acceptors (Lipinski definition) is 4. The van der Waals surface area contributed by atoms with Gasteiger partial charge in [-0.05, 0) is 0 Å². The lowest BCUT2D eigenvalue weighted by atomic mass is 10.2. The molecular weight excluding hydrogens is 254 g/mol. The average molecular weight is 255 g/mol. The molecule has 0 atom stereocenters. The van der Waals surface area contributed by atoms with Gasteiger partial charge in [-0.2, -0.15) is 4.39 Å². The topological polar surface area (TPSA) is 86.3 Å². The van der Waals surface area contributed by atoms with Crippen LogP contribution in [0.15, 0.2) is 6.07 Å². The molecule has 0 N–H and O–H groups in total. The molecule has 1 aromatic rings. The molecule has 0 saturated carbocycles. The summed E-state index contributed by atoms with van der Waals surface area (Å²) in [6.45, 7) is 0. The molecule has 0 aromatic heterocycles. The van der Waals surface area contributed by atoms with Crippen molar-refractivity contribution in [3.63, 3.8) is 0 Å². The Labute approximate surface area is 91.5 Å². The highest BCUT2D eigenvalue weighted by atomic mass is 35.5. The minimum atomic E-state index is -1.61. The molecule has 0 fully saturated rings. The lowest BCUT2D eigenvalue weighted by Crippen LogP contribution is -1.99. The predicted molar refractivity (Wildman–Crippen MR) is 49.7 cm³/mol. The smallest absolute Gasteiger partial charge is 0.258 e. The number of benzene rings is 1. The van der Waals surface area contributed by atoms with E-state index >= 15 is 0 Å². The maximum atomic E-state index is 13.2. The molecule has 0 unspecified atom stereocenters.